The third-order valence-electron chi connectivity index (χ3n) is 7.55. The first-order valence-electron chi connectivity index (χ1n) is 11.7. The van der Waals surface area contributed by atoms with Crippen LogP contribution in [0.2, 0.25) is 0 Å². The predicted molar refractivity (Wildman–Crippen MR) is 136 cm³/mol. The fourth-order valence-electron chi connectivity index (χ4n) is 3.84. The van der Waals surface area contributed by atoms with Gasteiger partial charge in [-0.05, 0) is 90.9 Å². The summed E-state index contributed by atoms with van der Waals surface area (Å²) in [6, 6.07) is 16.3. The number of aliphatic imine (C=N–C) groups is 1. The topological polar surface area (TPSA) is 49.3 Å². The summed E-state index contributed by atoms with van der Waals surface area (Å²) in [5, 5.41) is 0. The first kappa shape index (κ1) is 24.2. The quantitative estimate of drug-likeness (QED) is 0.515. The molecule has 0 saturated carbocycles. The van der Waals surface area contributed by atoms with Crippen molar-refractivity contribution >= 4 is 36.6 Å². The van der Waals surface area contributed by atoms with E-state index in [0.717, 1.165) is 27.9 Å². The standard InChI is InChI=1S/C26H35B2NO4/c1-18(19-13-15-20(16-14-19)27-30-23(2,3)24(4,5)31-27)29-22-12-10-11-21(17-22)28-32-25(6,7)26(8,9)33-28/h10-17H,1-9H3. The van der Waals surface area contributed by atoms with Crippen molar-refractivity contribution in [2.24, 2.45) is 4.99 Å². The average Bonchev–Trinajstić information content (AvgIpc) is 3.08. The molecule has 5 nitrogen and oxygen atoms in total. The Balaban J connectivity index is 1.50. The van der Waals surface area contributed by atoms with Crippen LogP contribution < -0.4 is 10.9 Å². The Morgan fingerprint density at radius 1 is 0.636 bits per heavy atom. The third-order valence-corrected chi connectivity index (χ3v) is 7.55. The third kappa shape index (κ3) is 4.56. The molecule has 2 aliphatic rings. The van der Waals surface area contributed by atoms with Gasteiger partial charge in [0.25, 0.3) is 0 Å². The molecule has 2 fully saturated rings. The first-order chi connectivity index (χ1) is 15.2. The molecule has 0 aromatic heterocycles. The second-order valence-electron chi connectivity index (χ2n) is 11.1. The van der Waals surface area contributed by atoms with Gasteiger partial charge < -0.3 is 18.6 Å². The molecule has 0 amide bonds. The van der Waals surface area contributed by atoms with Crippen molar-refractivity contribution in [3.8, 4) is 0 Å². The van der Waals surface area contributed by atoms with Gasteiger partial charge in [-0.25, -0.2) is 0 Å². The number of hydrogen-bond acceptors (Lipinski definition) is 5. The molecule has 0 spiro atoms. The van der Waals surface area contributed by atoms with E-state index < -0.39 is 7.12 Å². The largest absolute Gasteiger partial charge is 0.494 e. The van der Waals surface area contributed by atoms with E-state index in [4.69, 9.17) is 23.6 Å². The summed E-state index contributed by atoms with van der Waals surface area (Å²) in [6.07, 6.45) is 0. The van der Waals surface area contributed by atoms with Gasteiger partial charge in [0.15, 0.2) is 0 Å². The molecule has 2 aromatic rings. The van der Waals surface area contributed by atoms with Crippen LogP contribution in [0.3, 0.4) is 0 Å². The van der Waals surface area contributed by atoms with E-state index in [2.05, 4.69) is 79.7 Å². The second-order valence-corrected chi connectivity index (χ2v) is 11.1. The van der Waals surface area contributed by atoms with Gasteiger partial charge in [0.1, 0.15) is 0 Å². The highest BCUT2D eigenvalue weighted by atomic mass is 16.7. The van der Waals surface area contributed by atoms with E-state index in [0.29, 0.717) is 0 Å². The maximum Gasteiger partial charge on any atom is 0.494 e. The molecule has 4 rings (SSSR count). The van der Waals surface area contributed by atoms with E-state index in [1.807, 2.05) is 31.2 Å². The van der Waals surface area contributed by atoms with Crippen LogP contribution >= 0.6 is 0 Å². The summed E-state index contributed by atoms with van der Waals surface area (Å²) < 4.78 is 24.7. The minimum atomic E-state index is -0.398. The lowest BCUT2D eigenvalue weighted by molar-refractivity contribution is 0.00578. The highest BCUT2D eigenvalue weighted by Crippen LogP contribution is 2.37. The van der Waals surface area contributed by atoms with Gasteiger partial charge in [0, 0.05) is 5.71 Å². The van der Waals surface area contributed by atoms with Crippen LogP contribution in [0.5, 0.6) is 0 Å². The maximum atomic E-state index is 6.19. The lowest BCUT2D eigenvalue weighted by atomic mass is 9.78. The Morgan fingerprint density at radius 2 is 1.09 bits per heavy atom. The summed E-state index contributed by atoms with van der Waals surface area (Å²) >= 11 is 0. The van der Waals surface area contributed by atoms with Gasteiger partial charge in [-0.3, -0.25) is 4.99 Å². The minimum absolute atomic E-state index is 0.351. The molecular weight excluding hydrogens is 412 g/mol. The molecule has 2 aliphatic heterocycles. The molecule has 2 saturated heterocycles. The molecule has 0 aliphatic carbocycles. The molecule has 2 heterocycles. The smallest absolute Gasteiger partial charge is 0.399 e. The van der Waals surface area contributed by atoms with Crippen LogP contribution in [0.4, 0.5) is 5.69 Å². The number of hydrogen-bond donors (Lipinski definition) is 0. The minimum Gasteiger partial charge on any atom is -0.399 e. The molecule has 2 aromatic carbocycles. The molecule has 0 N–H and O–H groups in total. The van der Waals surface area contributed by atoms with Crippen molar-refractivity contribution in [2.75, 3.05) is 0 Å². The highest BCUT2D eigenvalue weighted by molar-refractivity contribution is 6.62. The van der Waals surface area contributed by atoms with Gasteiger partial charge in [-0.1, -0.05) is 36.4 Å². The monoisotopic (exact) mass is 447 g/mol. The second kappa shape index (κ2) is 8.09. The summed E-state index contributed by atoms with van der Waals surface area (Å²) in [5.74, 6) is 0. The van der Waals surface area contributed by atoms with Crippen molar-refractivity contribution in [3.63, 3.8) is 0 Å². The van der Waals surface area contributed by atoms with Gasteiger partial charge in [0.2, 0.25) is 0 Å². The SMILES string of the molecule is CC(=Nc1cccc(B2OC(C)(C)C(C)(C)O2)c1)c1ccc(B2OC(C)(C)C(C)(C)O2)cc1. The molecule has 0 unspecified atom stereocenters. The zero-order valence-corrected chi connectivity index (χ0v) is 21.4. The van der Waals surface area contributed by atoms with Crippen molar-refractivity contribution in [1.29, 1.82) is 0 Å². The summed E-state index contributed by atoms with van der Waals surface area (Å²) in [6.45, 7) is 18.5. The molecular formula is C26H35B2NO4. The average molecular weight is 447 g/mol. The van der Waals surface area contributed by atoms with Crippen LogP contribution in [0.25, 0.3) is 0 Å². The van der Waals surface area contributed by atoms with Crippen LogP contribution in [0.1, 0.15) is 67.9 Å². The Morgan fingerprint density at radius 3 is 1.58 bits per heavy atom. The Hall–Kier alpha value is -1.92. The zero-order valence-electron chi connectivity index (χ0n) is 21.4. The van der Waals surface area contributed by atoms with Gasteiger partial charge >= 0.3 is 14.2 Å². The fourth-order valence-corrected chi connectivity index (χ4v) is 3.84. The lowest BCUT2D eigenvalue weighted by Gasteiger charge is -2.32. The first-order valence-corrected chi connectivity index (χ1v) is 11.7. The molecule has 7 heteroatoms. The van der Waals surface area contributed by atoms with E-state index in [1.54, 1.807) is 0 Å². The maximum absolute atomic E-state index is 6.19. The Bertz CT molecular complexity index is 1030. The van der Waals surface area contributed by atoms with Crippen LogP contribution in [0, 0.1) is 0 Å². The Kier molecular flexibility index (Phi) is 5.93. The van der Waals surface area contributed by atoms with Crippen molar-refractivity contribution in [2.45, 2.75) is 84.7 Å². The lowest BCUT2D eigenvalue weighted by Crippen LogP contribution is -2.41. The molecule has 33 heavy (non-hydrogen) atoms. The van der Waals surface area contributed by atoms with Crippen LogP contribution in [-0.2, 0) is 18.6 Å². The van der Waals surface area contributed by atoms with E-state index in [-0.39, 0.29) is 29.5 Å². The summed E-state index contributed by atoms with van der Waals surface area (Å²) in [5.41, 5.74) is 3.39. The molecule has 174 valence electrons. The fraction of sp³-hybridized carbons (Fsp3) is 0.500. The molecule has 0 bridgehead atoms. The van der Waals surface area contributed by atoms with Gasteiger partial charge in [-0.15, -0.1) is 0 Å². The van der Waals surface area contributed by atoms with Crippen molar-refractivity contribution < 1.29 is 18.6 Å². The normalized spacial score (nSPS) is 23.2. The van der Waals surface area contributed by atoms with Crippen molar-refractivity contribution in [3.05, 3.63) is 54.1 Å². The predicted octanol–water partition coefficient (Wildman–Crippen LogP) is 4.43. The Labute approximate surface area is 199 Å². The van der Waals surface area contributed by atoms with E-state index >= 15 is 0 Å². The van der Waals surface area contributed by atoms with Crippen molar-refractivity contribution in [1.82, 2.24) is 0 Å². The molecule has 0 atom stereocenters. The van der Waals surface area contributed by atoms with E-state index in [1.165, 1.54) is 0 Å². The summed E-state index contributed by atoms with van der Waals surface area (Å²) in [7, 11) is -0.762. The zero-order chi connectivity index (χ0) is 24.2. The molecule has 0 radical (unpaired) electrons. The number of nitrogens with zero attached hydrogens (tertiary/aromatic N) is 1. The van der Waals surface area contributed by atoms with Crippen LogP contribution in [0.15, 0.2) is 53.5 Å². The van der Waals surface area contributed by atoms with Crippen LogP contribution in [-0.4, -0.2) is 42.4 Å². The highest BCUT2D eigenvalue weighted by Gasteiger charge is 2.52. The van der Waals surface area contributed by atoms with Gasteiger partial charge in [0.05, 0.1) is 28.1 Å². The number of rotatable bonds is 4. The number of benzene rings is 2. The van der Waals surface area contributed by atoms with E-state index in [9.17, 15) is 0 Å². The summed E-state index contributed by atoms with van der Waals surface area (Å²) in [4.78, 5) is 4.85. The van der Waals surface area contributed by atoms with Gasteiger partial charge in [-0.2, -0.15) is 0 Å².